The smallest absolute Gasteiger partial charge is 0.320 e. The Morgan fingerprint density at radius 1 is 1.12 bits per heavy atom. The molecule has 2 saturated heterocycles. The van der Waals surface area contributed by atoms with E-state index in [0.29, 0.717) is 44.8 Å². The van der Waals surface area contributed by atoms with Gasteiger partial charge >= 0.3 is 5.97 Å². The number of halogens is 1. The van der Waals surface area contributed by atoms with Crippen molar-refractivity contribution in [1.82, 2.24) is 9.80 Å². The summed E-state index contributed by atoms with van der Waals surface area (Å²) in [6, 6.07) is 6.09. The van der Waals surface area contributed by atoms with Crippen molar-refractivity contribution in [3.63, 3.8) is 0 Å². The number of likely N-dealkylation sites (tertiary alicyclic amines) is 1. The minimum Gasteiger partial charge on any atom is -0.480 e. The van der Waals surface area contributed by atoms with Crippen LogP contribution in [0.25, 0.3) is 0 Å². The highest BCUT2D eigenvalue weighted by Crippen LogP contribution is 2.21. The van der Waals surface area contributed by atoms with E-state index < -0.39 is 12.0 Å². The van der Waals surface area contributed by atoms with Gasteiger partial charge in [0.1, 0.15) is 11.9 Å². The normalized spacial score (nSPS) is 22.0. The summed E-state index contributed by atoms with van der Waals surface area (Å²) in [5, 5.41) is 9.18. The van der Waals surface area contributed by atoms with Crippen molar-refractivity contribution in [3.8, 4) is 0 Å². The van der Waals surface area contributed by atoms with Gasteiger partial charge in [-0.3, -0.25) is 14.5 Å². The first-order valence-corrected chi connectivity index (χ1v) is 8.30. The molecular formula is C17H22FN3O3. The first-order chi connectivity index (χ1) is 11.6. The molecule has 1 amide bonds. The molecule has 2 heterocycles. The van der Waals surface area contributed by atoms with Crippen molar-refractivity contribution < 1.29 is 19.1 Å². The number of aliphatic carboxylic acids is 1. The zero-order chi connectivity index (χ0) is 17.1. The largest absolute Gasteiger partial charge is 0.480 e. The number of amides is 1. The second kappa shape index (κ2) is 7.17. The highest BCUT2D eigenvalue weighted by atomic mass is 19.1. The predicted molar refractivity (Wildman–Crippen MR) is 87.4 cm³/mol. The highest BCUT2D eigenvalue weighted by Gasteiger charge is 2.33. The van der Waals surface area contributed by atoms with Crippen LogP contribution in [0, 0.1) is 5.82 Å². The van der Waals surface area contributed by atoms with Crippen molar-refractivity contribution in [2.45, 2.75) is 18.9 Å². The van der Waals surface area contributed by atoms with Crippen LogP contribution in [0.2, 0.25) is 0 Å². The van der Waals surface area contributed by atoms with Crippen LogP contribution in [0.15, 0.2) is 24.3 Å². The topological polar surface area (TPSA) is 64.1 Å². The number of benzene rings is 1. The number of piperazine rings is 1. The minimum absolute atomic E-state index is 0.0451. The maximum Gasteiger partial charge on any atom is 0.320 e. The fraction of sp³-hybridized carbons (Fsp3) is 0.529. The van der Waals surface area contributed by atoms with Gasteiger partial charge in [-0.05, 0) is 31.5 Å². The van der Waals surface area contributed by atoms with Crippen molar-refractivity contribution in [3.05, 3.63) is 30.1 Å². The van der Waals surface area contributed by atoms with Crippen molar-refractivity contribution in [1.29, 1.82) is 0 Å². The van der Waals surface area contributed by atoms with Gasteiger partial charge in [0.25, 0.3) is 0 Å². The van der Waals surface area contributed by atoms with Crippen molar-refractivity contribution in [2.24, 2.45) is 0 Å². The van der Waals surface area contributed by atoms with Crippen molar-refractivity contribution >= 4 is 17.6 Å². The van der Waals surface area contributed by atoms with Gasteiger partial charge in [-0.15, -0.1) is 0 Å². The van der Waals surface area contributed by atoms with Crippen LogP contribution in [0.3, 0.4) is 0 Å². The third kappa shape index (κ3) is 3.51. The lowest BCUT2D eigenvalue weighted by Gasteiger charge is -2.37. The average molecular weight is 335 g/mol. The Morgan fingerprint density at radius 2 is 1.83 bits per heavy atom. The third-order valence-corrected chi connectivity index (χ3v) is 4.81. The molecule has 2 aliphatic rings. The molecule has 2 aliphatic heterocycles. The minimum atomic E-state index is -0.857. The van der Waals surface area contributed by atoms with Gasteiger partial charge in [0.2, 0.25) is 5.91 Å². The summed E-state index contributed by atoms with van der Waals surface area (Å²) in [6.07, 6.45) is 1.41. The van der Waals surface area contributed by atoms with Gasteiger partial charge in [0.05, 0.1) is 12.2 Å². The van der Waals surface area contributed by atoms with E-state index in [0.717, 1.165) is 6.42 Å². The molecule has 1 atom stereocenters. The molecule has 130 valence electrons. The van der Waals surface area contributed by atoms with E-state index in [2.05, 4.69) is 0 Å². The first-order valence-electron chi connectivity index (χ1n) is 8.30. The Labute approximate surface area is 140 Å². The van der Waals surface area contributed by atoms with E-state index in [1.165, 1.54) is 6.07 Å². The summed E-state index contributed by atoms with van der Waals surface area (Å²) in [4.78, 5) is 29.1. The van der Waals surface area contributed by atoms with Crippen LogP contribution in [-0.4, -0.2) is 72.1 Å². The summed E-state index contributed by atoms with van der Waals surface area (Å²) in [7, 11) is 0. The Bertz CT molecular complexity index is 617. The van der Waals surface area contributed by atoms with E-state index in [1.54, 1.807) is 28.0 Å². The fourth-order valence-electron chi connectivity index (χ4n) is 3.47. The van der Waals surface area contributed by atoms with E-state index in [1.807, 2.05) is 4.90 Å². The van der Waals surface area contributed by atoms with Crippen LogP contribution >= 0.6 is 0 Å². The van der Waals surface area contributed by atoms with E-state index in [9.17, 15) is 19.1 Å². The molecule has 2 fully saturated rings. The quantitative estimate of drug-likeness (QED) is 0.890. The maximum atomic E-state index is 13.8. The van der Waals surface area contributed by atoms with Gasteiger partial charge in [0.15, 0.2) is 0 Å². The molecule has 0 aromatic heterocycles. The molecule has 0 saturated carbocycles. The average Bonchev–Trinajstić information content (AvgIpc) is 3.04. The molecule has 0 radical (unpaired) electrons. The number of para-hydroxylation sites is 1. The summed E-state index contributed by atoms with van der Waals surface area (Å²) < 4.78 is 13.8. The number of carboxylic acids is 1. The molecule has 6 nitrogen and oxygen atoms in total. The van der Waals surface area contributed by atoms with Gasteiger partial charge in [-0.1, -0.05) is 12.1 Å². The van der Waals surface area contributed by atoms with Crippen LogP contribution in [0.5, 0.6) is 0 Å². The molecule has 0 spiro atoms. The van der Waals surface area contributed by atoms with E-state index >= 15 is 0 Å². The number of hydrogen-bond acceptors (Lipinski definition) is 4. The molecule has 0 bridgehead atoms. The zero-order valence-corrected chi connectivity index (χ0v) is 13.5. The predicted octanol–water partition coefficient (Wildman–Crippen LogP) is 1.02. The number of carboxylic acid groups (broad SMARTS) is 1. The second-order valence-electron chi connectivity index (χ2n) is 6.29. The van der Waals surface area contributed by atoms with Crippen molar-refractivity contribution in [2.75, 3.05) is 44.2 Å². The highest BCUT2D eigenvalue weighted by molar-refractivity contribution is 5.80. The molecule has 1 aromatic rings. The SMILES string of the molecule is O=C(O)[C@@H]1CCCN1CC(=O)N1CCN(c2ccccc2F)CC1. The molecule has 3 rings (SSSR count). The van der Waals surface area contributed by atoms with Gasteiger partial charge < -0.3 is 14.9 Å². The number of nitrogens with zero attached hydrogens (tertiary/aromatic N) is 3. The summed E-state index contributed by atoms with van der Waals surface area (Å²) >= 11 is 0. The van der Waals surface area contributed by atoms with Crippen LogP contribution < -0.4 is 4.90 Å². The molecule has 24 heavy (non-hydrogen) atoms. The third-order valence-electron chi connectivity index (χ3n) is 4.81. The standard InChI is InChI=1S/C17H22FN3O3/c18-13-4-1-2-5-14(13)19-8-10-20(11-9-19)16(22)12-21-7-3-6-15(21)17(23)24/h1-2,4-5,15H,3,6-12H2,(H,23,24)/t15-/m0/s1. The van der Waals surface area contributed by atoms with Crippen LogP contribution in [0.1, 0.15) is 12.8 Å². The first kappa shape index (κ1) is 16.7. The lowest BCUT2D eigenvalue weighted by molar-refractivity contribution is -0.143. The Balaban J connectivity index is 1.54. The fourth-order valence-corrected chi connectivity index (χ4v) is 3.47. The molecule has 7 heteroatoms. The molecule has 1 aromatic carbocycles. The summed E-state index contributed by atoms with van der Waals surface area (Å²) in [5.41, 5.74) is 0.565. The number of hydrogen-bond donors (Lipinski definition) is 1. The zero-order valence-electron chi connectivity index (χ0n) is 13.5. The Hall–Kier alpha value is -2.15. The molecule has 1 N–H and O–H groups in total. The number of carbonyl (C=O) groups excluding carboxylic acids is 1. The number of rotatable bonds is 4. The van der Waals surface area contributed by atoms with Gasteiger partial charge in [-0.2, -0.15) is 0 Å². The van der Waals surface area contributed by atoms with Gasteiger partial charge in [-0.25, -0.2) is 4.39 Å². The van der Waals surface area contributed by atoms with Gasteiger partial charge in [0, 0.05) is 26.2 Å². The van der Waals surface area contributed by atoms with E-state index in [-0.39, 0.29) is 18.3 Å². The lowest BCUT2D eigenvalue weighted by atomic mass is 10.2. The molecule has 0 aliphatic carbocycles. The number of anilines is 1. The molecule has 0 unspecified atom stereocenters. The lowest BCUT2D eigenvalue weighted by Crippen LogP contribution is -2.52. The summed E-state index contributed by atoms with van der Waals surface area (Å²) in [5.74, 6) is -1.15. The van der Waals surface area contributed by atoms with Crippen LogP contribution in [-0.2, 0) is 9.59 Å². The number of carbonyl (C=O) groups is 2. The van der Waals surface area contributed by atoms with Crippen LogP contribution in [0.4, 0.5) is 10.1 Å². The Kier molecular flexibility index (Phi) is 4.99. The second-order valence-corrected chi connectivity index (χ2v) is 6.29. The Morgan fingerprint density at radius 3 is 2.50 bits per heavy atom. The molecular weight excluding hydrogens is 313 g/mol. The monoisotopic (exact) mass is 335 g/mol. The summed E-state index contributed by atoms with van der Waals surface area (Å²) in [6.45, 7) is 3.01. The maximum absolute atomic E-state index is 13.8. The van der Waals surface area contributed by atoms with E-state index in [4.69, 9.17) is 0 Å².